The van der Waals surface area contributed by atoms with Crippen LogP contribution in [0, 0.1) is 6.92 Å². The lowest BCUT2D eigenvalue weighted by Gasteiger charge is -2.23. The van der Waals surface area contributed by atoms with Crippen LogP contribution in [0.25, 0.3) is 0 Å². The summed E-state index contributed by atoms with van der Waals surface area (Å²) >= 11 is 6.12. The molecule has 4 nitrogen and oxygen atoms in total. The van der Waals surface area contributed by atoms with Gasteiger partial charge in [-0.25, -0.2) is 4.98 Å². The Kier molecular flexibility index (Phi) is 4.78. The summed E-state index contributed by atoms with van der Waals surface area (Å²) in [5.41, 5.74) is 0.822. The Bertz CT molecular complexity index is 406. The normalized spacial score (nSPS) is 16.8. The van der Waals surface area contributed by atoms with Gasteiger partial charge in [-0.3, -0.25) is 0 Å². The maximum absolute atomic E-state index is 6.12. The minimum atomic E-state index is 0.179. The van der Waals surface area contributed by atoms with E-state index in [2.05, 4.69) is 16.9 Å². The molecule has 0 radical (unpaired) electrons. The first-order valence-electron chi connectivity index (χ1n) is 6.48. The highest BCUT2D eigenvalue weighted by atomic mass is 35.5. The van der Waals surface area contributed by atoms with E-state index in [1.807, 2.05) is 6.92 Å². The summed E-state index contributed by atoms with van der Waals surface area (Å²) in [6.45, 7) is 5.50. The van der Waals surface area contributed by atoms with E-state index < -0.39 is 0 Å². The second-order valence-corrected chi connectivity index (χ2v) is 4.90. The first-order chi connectivity index (χ1) is 8.70. The Balaban J connectivity index is 2.14. The minimum Gasteiger partial charge on any atom is -0.474 e. The molecule has 0 aliphatic carbocycles. The molecule has 1 aromatic heterocycles. The van der Waals surface area contributed by atoms with Crippen LogP contribution in [0.15, 0.2) is 0 Å². The van der Waals surface area contributed by atoms with Crippen molar-refractivity contribution in [2.45, 2.75) is 45.6 Å². The van der Waals surface area contributed by atoms with Crippen molar-refractivity contribution in [1.82, 2.24) is 9.97 Å². The molecule has 1 aliphatic rings. The van der Waals surface area contributed by atoms with Gasteiger partial charge >= 0.3 is 0 Å². The van der Waals surface area contributed by atoms with Gasteiger partial charge in [-0.1, -0.05) is 18.5 Å². The van der Waals surface area contributed by atoms with Gasteiger partial charge in [0.15, 0.2) is 0 Å². The number of ether oxygens (including phenoxy) is 2. The van der Waals surface area contributed by atoms with Crippen LogP contribution < -0.4 is 4.74 Å². The van der Waals surface area contributed by atoms with Crippen LogP contribution in [-0.4, -0.2) is 29.3 Å². The maximum Gasteiger partial charge on any atom is 0.221 e. The van der Waals surface area contributed by atoms with Crippen LogP contribution in [0.5, 0.6) is 5.88 Å². The Morgan fingerprint density at radius 2 is 2.06 bits per heavy atom. The van der Waals surface area contributed by atoms with Gasteiger partial charge in [0.25, 0.3) is 0 Å². The lowest BCUT2D eigenvalue weighted by molar-refractivity contribution is 0.0233. The quantitative estimate of drug-likeness (QED) is 0.789. The lowest BCUT2D eigenvalue weighted by Crippen LogP contribution is -2.26. The highest BCUT2D eigenvalue weighted by Crippen LogP contribution is 2.25. The topological polar surface area (TPSA) is 44.2 Å². The van der Waals surface area contributed by atoms with Crippen LogP contribution >= 0.6 is 11.6 Å². The Labute approximate surface area is 113 Å². The largest absolute Gasteiger partial charge is 0.474 e. The van der Waals surface area contributed by atoms with E-state index in [-0.39, 0.29) is 6.10 Å². The van der Waals surface area contributed by atoms with Crippen LogP contribution in [0.4, 0.5) is 0 Å². The van der Waals surface area contributed by atoms with Crippen LogP contribution in [0.3, 0.4) is 0 Å². The summed E-state index contributed by atoms with van der Waals surface area (Å²) in [7, 11) is 0. The van der Waals surface area contributed by atoms with E-state index in [4.69, 9.17) is 21.1 Å². The third kappa shape index (κ3) is 3.33. The zero-order valence-electron chi connectivity index (χ0n) is 10.9. The fraction of sp³-hybridized carbons (Fsp3) is 0.692. The van der Waals surface area contributed by atoms with Crippen molar-refractivity contribution in [1.29, 1.82) is 0 Å². The van der Waals surface area contributed by atoms with E-state index in [1.54, 1.807) is 0 Å². The first kappa shape index (κ1) is 13.6. The fourth-order valence-electron chi connectivity index (χ4n) is 1.91. The van der Waals surface area contributed by atoms with Crippen molar-refractivity contribution < 1.29 is 9.47 Å². The Morgan fingerprint density at radius 1 is 1.33 bits per heavy atom. The zero-order chi connectivity index (χ0) is 13.0. The molecular formula is C13H19ClN2O2. The fourth-order valence-corrected chi connectivity index (χ4v) is 2.09. The van der Waals surface area contributed by atoms with Crippen molar-refractivity contribution in [3.63, 3.8) is 0 Å². The molecule has 0 spiro atoms. The lowest BCUT2D eigenvalue weighted by atomic mass is 10.1. The van der Waals surface area contributed by atoms with Crippen molar-refractivity contribution >= 4 is 11.6 Å². The molecule has 100 valence electrons. The summed E-state index contributed by atoms with van der Waals surface area (Å²) < 4.78 is 11.3. The van der Waals surface area contributed by atoms with Gasteiger partial charge in [-0.05, 0) is 13.3 Å². The van der Waals surface area contributed by atoms with Crippen LogP contribution in [-0.2, 0) is 11.2 Å². The average Bonchev–Trinajstić information content (AvgIpc) is 2.37. The molecular weight excluding hydrogens is 252 g/mol. The summed E-state index contributed by atoms with van der Waals surface area (Å²) in [6, 6.07) is 0. The van der Waals surface area contributed by atoms with E-state index >= 15 is 0 Å². The van der Waals surface area contributed by atoms with Gasteiger partial charge in [-0.15, -0.1) is 0 Å². The second kappa shape index (κ2) is 6.34. The molecule has 0 unspecified atom stereocenters. The Hall–Kier alpha value is -0.870. The molecule has 0 amide bonds. The van der Waals surface area contributed by atoms with Gasteiger partial charge < -0.3 is 9.47 Å². The van der Waals surface area contributed by atoms with Crippen LogP contribution in [0.2, 0.25) is 5.15 Å². The monoisotopic (exact) mass is 270 g/mol. The van der Waals surface area contributed by atoms with Gasteiger partial charge in [-0.2, -0.15) is 4.98 Å². The number of hydrogen-bond acceptors (Lipinski definition) is 4. The van der Waals surface area contributed by atoms with Crippen molar-refractivity contribution in [3.8, 4) is 5.88 Å². The number of hydrogen-bond donors (Lipinski definition) is 0. The third-order valence-corrected chi connectivity index (χ3v) is 3.38. The summed E-state index contributed by atoms with van der Waals surface area (Å²) in [5.74, 6) is 1.39. The highest BCUT2D eigenvalue weighted by Gasteiger charge is 2.18. The molecule has 1 aliphatic heterocycles. The van der Waals surface area contributed by atoms with Crippen molar-refractivity contribution in [2.24, 2.45) is 0 Å². The number of halogens is 1. The molecule has 2 rings (SSSR count). The van der Waals surface area contributed by atoms with E-state index in [9.17, 15) is 0 Å². The molecule has 0 N–H and O–H groups in total. The zero-order valence-corrected chi connectivity index (χ0v) is 11.7. The summed E-state index contributed by atoms with van der Waals surface area (Å²) in [6.07, 6.45) is 3.81. The van der Waals surface area contributed by atoms with E-state index in [0.29, 0.717) is 11.0 Å². The van der Waals surface area contributed by atoms with Gasteiger partial charge in [0.05, 0.1) is 13.2 Å². The minimum absolute atomic E-state index is 0.179. The van der Waals surface area contributed by atoms with Gasteiger partial charge in [0, 0.05) is 24.8 Å². The smallest absolute Gasteiger partial charge is 0.221 e. The van der Waals surface area contributed by atoms with E-state index in [1.165, 1.54) is 0 Å². The first-order valence-corrected chi connectivity index (χ1v) is 6.86. The number of aromatic nitrogens is 2. The number of aryl methyl sites for hydroxylation is 1. The predicted octanol–water partition coefficient (Wildman–Crippen LogP) is 2.95. The highest BCUT2D eigenvalue weighted by molar-refractivity contribution is 6.30. The SMILES string of the molecule is CCCc1nc(Cl)c(C)c(OC2CCOCC2)n1. The van der Waals surface area contributed by atoms with Crippen molar-refractivity contribution in [2.75, 3.05) is 13.2 Å². The average molecular weight is 271 g/mol. The molecule has 2 heterocycles. The van der Waals surface area contributed by atoms with Gasteiger partial charge in [0.1, 0.15) is 17.1 Å². The Morgan fingerprint density at radius 3 is 2.72 bits per heavy atom. The summed E-state index contributed by atoms with van der Waals surface area (Å²) in [5, 5.41) is 0.496. The molecule has 0 bridgehead atoms. The standard InChI is InChI=1S/C13H19ClN2O2/c1-3-4-11-15-12(14)9(2)13(16-11)18-10-5-7-17-8-6-10/h10H,3-8H2,1-2H3. The molecule has 1 saturated heterocycles. The third-order valence-electron chi connectivity index (χ3n) is 3.01. The molecule has 0 atom stereocenters. The van der Waals surface area contributed by atoms with Crippen molar-refractivity contribution in [3.05, 3.63) is 16.5 Å². The second-order valence-electron chi connectivity index (χ2n) is 4.54. The molecule has 18 heavy (non-hydrogen) atoms. The molecule has 5 heteroatoms. The molecule has 0 saturated carbocycles. The number of rotatable bonds is 4. The molecule has 1 aromatic rings. The number of nitrogens with zero attached hydrogens (tertiary/aromatic N) is 2. The molecule has 1 fully saturated rings. The maximum atomic E-state index is 6.12. The predicted molar refractivity (Wildman–Crippen MR) is 70.2 cm³/mol. The van der Waals surface area contributed by atoms with Gasteiger partial charge in [0.2, 0.25) is 5.88 Å². The van der Waals surface area contributed by atoms with E-state index in [0.717, 1.165) is 50.3 Å². The van der Waals surface area contributed by atoms with Crippen LogP contribution in [0.1, 0.15) is 37.6 Å². The summed E-state index contributed by atoms with van der Waals surface area (Å²) in [4.78, 5) is 8.72. The molecule has 0 aromatic carbocycles.